The first-order chi connectivity index (χ1) is 7.68. The van der Waals surface area contributed by atoms with Gasteiger partial charge in [-0.1, -0.05) is 0 Å². The maximum atomic E-state index is 11.3. The van der Waals surface area contributed by atoms with Gasteiger partial charge in [0.05, 0.1) is 4.92 Å². The Morgan fingerprint density at radius 2 is 1.88 bits per heavy atom. The zero-order valence-corrected chi connectivity index (χ0v) is 8.08. The number of nitrogens with one attached hydrogen (secondary N) is 1. The highest BCUT2D eigenvalue weighted by Crippen LogP contribution is 2.15. The molecular weight excluding hydrogens is 210 g/mol. The summed E-state index contributed by atoms with van der Waals surface area (Å²) in [6.07, 6.45) is 3.16. The van der Waals surface area contributed by atoms with E-state index in [9.17, 15) is 14.9 Å². The molecule has 0 aromatic carbocycles. The fraction of sp³-hybridized carbons (Fsp3) is 0. The summed E-state index contributed by atoms with van der Waals surface area (Å²) >= 11 is 0. The van der Waals surface area contributed by atoms with Gasteiger partial charge < -0.3 is 4.98 Å². The van der Waals surface area contributed by atoms with Crippen molar-refractivity contribution in [3.63, 3.8) is 0 Å². The largest absolute Gasteiger partial charge is 0.333 e. The minimum Gasteiger partial charge on any atom is -0.316 e. The highest BCUT2D eigenvalue weighted by atomic mass is 16.6. The molecule has 0 fully saturated rings. The number of pyridine rings is 2. The fourth-order valence-corrected chi connectivity index (χ4v) is 1.31. The first-order valence-corrected chi connectivity index (χ1v) is 4.46. The van der Waals surface area contributed by atoms with E-state index in [1.54, 1.807) is 24.5 Å². The lowest BCUT2D eigenvalue weighted by molar-refractivity contribution is -0.386. The molecule has 0 saturated heterocycles. The van der Waals surface area contributed by atoms with E-state index < -0.39 is 16.2 Å². The van der Waals surface area contributed by atoms with Gasteiger partial charge in [0, 0.05) is 29.7 Å². The summed E-state index contributed by atoms with van der Waals surface area (Å²) in [6, 6.07) is 6.09. The second kappa shape index (κ2) is 3.93. The maximum Gasteiger partial charge on any atom is 0.333 e. The molecule has 0 unspecified atom stereocenters. The zero-order chi connectivity index (χ0) is 11.5. The Kier molecular flexibility index (Phi) is 2.47. The van der Waals surface area contributed by atoms with Crippen molar-refractivity contribution in [1.82, 2.24) is 9.97 Å². The molecule has 2 heterocycles. The first-order valence-electron chi connectivity index (χ1n) is 4.46. The van der Waals surface area contributed by atoms with Crippen molar-refractivity contribution in [2.45, 2.75) is 0 Å². The third-order valence-electron chi connectivity index (χ3n) is 2.08. The van der Waals surface area contributed by atoms with Gasteiger partial charge in [-0.3, -0.25) is 19.9 Å². The Hall–Kier alpha value is -2.50. The molecule has 0 amide bonds. The van der Waals surface area contributed by atoms with Crippen LogP contribution in [0.15, 0.2) is 41.5 Å². The minimum atomic E-state index is -0.713. The van der Waals surface area contributed by atoms with Crippen LogP contribution in [0.5, 0.6) is 0 Å². The third kappa shape index (κ3) is 1.81. The van der Waals surface area contributed by atoms with Crippen LogP contribution in [0.3, 0.4) is 0 Å². The summed E-state index contributed by atoms with van der Waals surface area (Å²) in [5.74, 6) is 0. The van der Waals surface area contributed by atoms with E-state index >= 15 is 0 Å². The van der Waals surface area contributed by atoms with Crippen LogP contribution in [0, 0.1) is 10.1 Å². The van der Waals surface area contributed by atoms with Gasteiger partial charge in [0.1, 0.15) is 0 Å². The Morgan fingerprint density at radius 3 is 2.44 bits per heavy atom. The third-order valence-corrected chi connectivity index (χ3v) is 2.08. The Morgan fingerprint density at radius 1 is 1.19 bits per heavy atom. The number of aromatic nitrogens is 2. The SMILES string of the molecule is O=c1[nH]c(-c2ccncc2)ccc1[N+](=O)[O-]. The molecule has 0 saturated carbocycles. The molecule has 6 nitrogen and oxygen atoms in total. The highest BCUT2D eigenvalue weighted by molar-refractivity contribution is 5.58. The molecule has 1 N–H and O–H groups in total. The van der Waals surface area contributed by atoms with Crippen molar-refractivity contribution in [3.8, 4) is 11.3 Å². The highest BCUT2D eigenvalue weighted by Gasteiger charge is 2.11. The molecule has 2 rings (SSSR count). The van der Waals surface area contributed by atoms with Crippen molar-refractivity contribution in [2.24, 2.45) is 0 Å². The molecule has 0 spiro atoms. The molecule has 2 aromatic heterocycles. The summed E-state index contributed by atoms with van der Waals surface area (Å²) in [6.45, 7) is 0. The van der Waals surface area contributed by atoms with E-state index in [0.29, 0.717) is 5.69 Å². The number of nitro groups is 1. The lowest BCUT2D eigenvalue weighted by Gasteiger charge is -1.99. The van der Waals surface area contributed by atoms with Crippen LogP contribution in [0.1, 0.15) is 0 Å². The lowest BCUT2D eigenvalue weighted by Crippen LogP contribution is -2.11. The molecule has 0 bridgehead atoms. The summed E-state index contributed by atoms with van der Waals surface area (Å²) in [5, 5.41) is 10.4. The number of rotatable bonds is 2. The number of H-pyrrole nitrogens is 1. The van der Waals surface area contributed by atoms with Crippen LogP contribution >= 0.6 is 0 Å². The average molecular weight is 217 g/mol. The minimum absolute atomic E-state index is 0.460. The molecule has 0 aliphatic carbocycles. The predicted octanol–water partition coefficient (Wildman–Crippen LogP) is 1.35. The number of hydrogen-bond acceptors (Lipinski definition) is 4. The van der Waals surface area contributed by atoms with Crippen LogP contribution in [-0.4, -0.2) is 14.9 Å². The van der Waals surface area contributed by atoms with Crippen LogP contribution in [0.25, 0.3) is 11.3 Å². The van der Waals surface area contributed by atoms with Crippen molar-refractivity contribution in [1.29, 1.82) is 0 Å². The molecule has 16 heavy (non-hydrogen) atoms. The number of nitrogens with zero attached hydrogens (tertiary/aromatic N) is 2. The van der Waals surface area contributed by atoms with E-state index in [4.69, 9.17) is 0 Å². The molecular formula is C10H7N3O3. The van der Waals surface area contributed by atoms with E-state index in [2.05, 4.69) is 9.97 Å². The summed E-state index contributed by atoms with van der Waals surface area (Å²) in [5.41, 5.74) is 0.108. The van der Waals surface area contributed by atoms with Crippen LogP contribution in [-0.2, 0) is 0 Å². The second-order valence-corrected chi connectivity index (χ2v) is 3.08. The van der Waals surface area contributed by atoms with E-state index in [-0.39, 0.29) is 0 Å². The molecule has 0 atom stereocenters. The van der Waals surface area contributed by atoms with Crippen molar-refractivity contribution in [3.05, 3.63) is 57.1 Å². The van der Waals surface area contributed by atoms with Gasteiger partial charge in [-0.05, 0) is 18.2 Å². The fourth-order valence-electron chi connectivity index (χ4n) is 1.31. The quantitative estimate of drug-likeness (QED) is 0.607. The van der Waals surface area contributed by atoms with Crippen LogP contribution in [0.2, 0.25) is 0 Å². The first kappa shape index (κ1) is 10.0. The van der Waals surface area contributed by atoms with Gasteiger partial charge >= 0.3 is 11.2 Å². The van der Waals surface area contributed by atoms with E-state index in [1.165, 1.54) is 12.1 Å². The predicted molar refractivity (Wildman–Crippen MR) is 56.9 cm³/mol. The van der Waals surface area contributed by atoms with Crippen molar-refractivity contribution >= 4 is 5.69 Å². The molecule has 6 heteroatoms. The summed E-state index contributed by atoms with van der Waals surface area (Å²) in [7, 11) is 0. The molecule has 0 aliphatic rings. The molecule has 0 radical (unpaired) electrons. The van der Waals surface area contributed by atoms with Crippen molar-refractivity contribution < 1.29 is 4.92 Å². The van der Waals surface area contributed by atoms with Gasteiger partial charge in [0.2, 0.25) is 0 Å². The van der Waals surface area contributed by atoms with Crippen LogP contribution < -0.4 is 5.56 Å². The Labute approximate surface area is 89.7 Å². The van der Waals surface area contributed by atoms with Crippen molar-refractivity contribution in [2.75, 3.05) is 0 Å². The average Bonchev–Trinajstić information content (AvgIpc) is 2.29. The number of hydrogen-bond donors (Lipinski definition) is 1. The molecule has 0 aliphatic heterocycles. The molecule has 80 valence electrons. The normalized spacial score (nSPS) is 10.0. The van der Waals surface area contributed by atoms with Crippen LogP contribution in [0.4, 0.5) is 5.69 Å². The number of aromatic amines is 1. The second-order valence-electron chi connectivity index (χ2n) is 3.08. The monoisotopic (exact) mass is 217 g/mol. The van der Waals surface area contributed by atoms with Gasteiger partial charge in [-0.25, -0.2) is 0 Å². The summed E-state index contributed by atoms with van der Waals surface area (Å²) in [4.78, 5) is 27.4. The van der Waals surface area contributed by atoms with Gasteiger partial charge in [-0.15, -0.1) is 0 Å². The van der Waals surface area contributed by atoms with Gasteiger partial charge in [-0.2, -0.15) is 0 Å². The van der Waals surface area contributed by atoms with E-state index in [1.807, 2.05) is 0 Å². The zero-order valence-electron chi connectivity index (χ0n) is 8.08. The van der Waals surface area contributed by atoms with Gasteiger partial charge in [0.15, 0.2) is 0 Å². The Balaban J connectivity index is 2.51. The van der Waals surface area contributed by atoms with Gasteiger partial charge in [0.25, 0.3) is 0 Å². The maximum absolute atomic E-state index is 11.3. The topological polar surface area (TPSA) is 88.9 Å². The summed E-state index contributed by atoms with van der Waals surface area (Å²) < 4.78 is 0. The standard InChI is InChI=1S/C10H7N3O3/c14-10-9(13(15)16)2-1-8(12-10)7-3-5-11-6-4-7/h1-6H,(H,12,14). The molecule has 2 aromatic rings. The Bertz CT molecular complexity index is 577. The van der Waals surface area contributed by atoms with E-state index in [0.717, 1.165) is 5.56 Å². The smallest absolute Gasteiger partial charge is 0.316 e. The lowest BCUT2D eigenvalue weighted by atomic mass is 10.2.